The van der Waals surface area contributed by atoms with Crippen molar-refractivity contribution in [3.8, 4) is 11.9 Å². The van der Waals surface area contributed by atoms with Crippen molar-refractivity contribution in [1.29, 1.82) is 5.26 Å². The molecule has 2 aliphatic rings. The van der Waals surface area contributed by atoms with Crippen LogP contribution in [0.2, 0.25) is 0 Å². The van der Waals surface area contributed by atoms with Crippen LogP contribution in [0, 0.1) is 24.2 Å². The summed E-state index contributed by atoms with van der Waals surface area (Å²) in [6.07, 6.45) is 4.05. The van der Waals surface area contributed by atoms with E-state index in [1.165, 1.54) is 0 Å². The Hall–Kier alpha value is -2.07. The second kappa shape index (κ2) is 6.68. The fourth-order valence-corrected chi connectivity index (χ4v) is 4.02. The molecule has 0 radical (unpaired) electrons. The Morgan fingerprint density at radius 2 is 2.20 bits per heavy atom. The number of rotatable bonds is 6. The van der Waals surface area contributed by atoms with Crippen LogP contribution in [0.15, 0.2) is 0 Å². The van der Waals surface area contributed by atoms with Gasteiger partial charge in [-0.3, -0.25) is 9.69 Å². The lowest BCUT2D eigenvalue weighted by Crippen LogP contribution is -2.50. The summed E-state index contributed by atoms with van der Waals surface area (Å²) in [7, 11) is 3.52. The Bertz CT molecular complexity index is 703. The zero-order valence-electron chi connectivity index (χ0n) is 15.5. The summed E-state index contributed by atoms with van der Waals surface area (Å²) < 4.78 is 7.28. The van der Waals surface area contributed by atoms with Crippen molar-refractivity contribution in [2.75, 3.05) is 20.2 Å². The summed E-state index contributed by atoms with van der Waals surface area (Å²) in [5.41, 5.74) is 1.27. The quantitative estimate of drug-likeness (QED) is 0.848. The molecule has 1 aliphatic carbocycles. The van der Waals surface area contributed by atoms with Crippen LogP contribution in [0.1, 0.15) is 49.9 Å². The number of nitrogens with one attached hydrogen (secondary N) is 1. The zero-order chi connectivity index (χ0) is 18.2. The van der Waals surface area contributed by atoms with Gasteiger partial charge >= 0.3 is 0 Å². The standard InChI is InChI=1S/C18H27N5O2/c1-12-16(17(25-4)22(3)21-12)14-6-5-9-23(14)10-15(24)20-18(2,11-19)13-7-8-13/h13-14H,5-10H2,1-4H3,(H,20,24)/t14-,18-/m0/s1. The van der Waals surface area contributed by atoms with Crippen molar-refractivity contribution in [2.45, 2.75) is 51.1 Å². The Morgan fingerprint density at radius 1 is 1.48 bits per heavy atom. The minimum atomic E-state index is -0.742. The SMILES string of the molecule is COc1c([C@@H]2CCCN2CC(=O)N[C@@](C)(C#N)C2CC2)c(C)nn1C. The fraction of sp³-hybridized carbons (Fsp3) is 0.722. The zero-order valence-corrected chi connectivity index (χ0v) is 15.5. The first kappa shape index (κ1) is 17.7. The second-order valence-corrected chi connectivity index (χ2v) is 7.40. The highest BCUT2D eigenvalue weighted by atomic mass is 16.5. The maximum absolute atomic E-state index is 12.6. The topological polar surface area (TPSA) is 83.2 Å². The number of hydrogen-bond donors (Lipinski definition) is 1. The van der Waals surface area contributed by atoms with E-state index < -0.39 is 5.54 Å². The molecule has 0 bridgehead atoms. The maximum atomic E-state index is 12.6. The molecule has 1 saturated heterocycles. The number of nitrogens with zero attached hydrogens (tertiary/aromatic N) is 4. The minimum Gasteiger partial charge on any atom is -0.481 e. The molecule has 7 nitrogen and oxygen atoms in total. The Morgan fingerprint density at radius 3 is 2.80 bits per heavy atom. The normalized spacial score (nSPS) is 23.1. The van der Waals surface area contributed by atoms with E-state index in [0.717, 1.165) is 49.4 Å². The molecule has 1 aromatic heterocycles. The molecule has 7 heteroatoms. The van der Waals surface area contributed by atoms with Crippen LogP contribution in [-0.4, -0.2) is 46.3 Å². The lowest BCUT2D eigenvalue weighted by atomic mass is 9.98. The number of likely N-dealkylation sites (tertiary alicyclic amines) is 1. The van der Waals surface area contributed by atoms with Crippen LogP contribution in [0.5, 0.6) is 5.88 Å². The van der Waals surface area contributed by atoms with E-state index in [9.17, 15) is 10.1 Å². The Balaban J connectivity index is 1.72. The Labute approximate surface area is 148 Å². The third kappa shape index (κ3) is 3.36. The summed E-state index contributed by atoms with van der Waals surface area (Å²) in [5.74, 6) is 0.967. The van der Waals surface area contributed by atoms with Crippen molar-refractivity contribution < 1.29 is 9.53 Å². The number of hydrogen-bond acceptors (Lipinski definition) is 5. The highest BCUT2D eigenvalue weighted by Crippen LogP contribution is 2.40. The lowest BCUT2D eigenvalue weighted by Gasteiger charge is -2.28. The van der Waals surface area contributed by atoms with Gasteiger partial charge in [0.05, 0.1) is 31.0 Å². The number of carbonyl (C=O) groups is 1. The van der Waals surface area contributed by atoms with E-state index >= 15 is 0 Å². The number of nitriles is 1. The monoisotopic (exact) mass is 345 g/mol. The smallest absolute Gasteiger partial charge is 0.235 e. The molecule has 1 aliphatic heterocycles. The molecule has 0 spiro atoms. The van der Waals surface area contributed by atoms with Crippen molar-refractivity contribution in [2.24, 2.45) is 13.0 Å². The van der Waals surface area contributed by atoms with Gasteiger partial charge in [-0.2, -0.15) is 10.4 Å². The van der Waals surface area contributed by atoms with Crippen LogP contribution >= 0.6 is 0 Å². The number of aromatic nitrogens is 2. The van der Waals surface area contributed by atoms with Crippen molar-refractivity contribution in [3.05, 3.63) is 11.3 Å². The summed E-state index contributed by atoms with van der Waals surface area (Å²) >= 11 is 0. The third-order valence-corrected chi connectivity index (χ3v) is 5.48. The molecule has 2 heterocycles. The van der Waals surface area contributed by atoms with Gasteiger partial charge in [-0.15, -0.1) is 0 Å². The van der Waals surface area contributed by atoms with Crippen LogP contribution in [0.4, 0.5) is 0 Å². The number of ether oxygens (including phenoxy) is 1. The third-order valence-electron chi connectivity index (χ3n) is 5.48. The largest absolute Gasteiger partial charge is 0.481 e. The average Bonchev–Trinajstić information content (AvgIpc) is 3.27. The molecule has 1 N–H and O–H groups in total. The molecule has 136 valence electrons. The average molecular weight is 345 g/mol. The van der Waals surface area contributed by atoms with Gasteiger partial charge in [0, 0.05) is 13.1 Å². The number of amides is 1. The molecule has 1 saturated carbocycles. The van der Waals surface area contributed by atoms with Gasteiger partial charge in [0.1, 0.15) is 5.54 Å². The summed E-state index contributed by atoms with van der Waals surface area (Å²) in [6, 6.07) is 2.41. The van der Waals surface area contributed by atoms with E-state index in [2.05, 4.69) is 21.4 Å². The minimum absolute atomic E-state index is 0.0802. The molecule has 25 heavy (non-hydrogen) atoms. The molecule has 0 aromatic carbocycles. The first-order chi connectivity index (χ1) is 11.9. The molecular formula is C18H27N5O2. The molecule has 3 rings (SSSR count). The van der Waals surface area contributed by atoms with Crippen LogP contribution in [0.25, 0.3) is 0 Å². The maximum Gasteiger partial charge on any atom is 0.235 e. The number of carbonyl (C=O) groups excluding carboxylic acids is 1. The molecule has 1 amide bonds. The molecule has 2 atom stereocenters. The van der Waals surface area contributed by atoms with Gasteiger partial charge < -0.3 is 10.1 Å². The summed E-state index contributed by atoms with van der Waals surface area (Å²) in [4.78, 5) is 14.7. The fourth-order valence-electron chi connectivity index (χ4n) is 4.02. The number of methoxy groups -OCH3 is 1. The number of aryl methyl sites for hydroxylation is 2. The summed E-state index contributed by atoms with van der Waals surface area (Å²) in [5, 5.41) is 16.9. The van der Waals surface area contributed by atoms with Gasteiger partial charge in [0.15, 0.2) is 0 Å². The van der Waals surface area contributed by atoms with Gasteiger partial charge in [-0.05, 0) is 52.0 Å². The van der Waals surface area contributed by atoms with E-state index in [0.29, 0.717) is 6.54 Å². The van der Waals surface area contributed by atoms with E-state index in [4.69, 9.17) is 4.74 Å². The molecule has 2 fully saturated rings. The highest BCUT2D eigenvalue weighted by Gasteiger charge is 2.43. The predicted octanol–water partition coefficient (Wildman–Crippen LogP) is 1.68. The van der Waals surface area contributed by atoms with Crippen molar-refractivity contribution in [1.82, 2.24) is 20.0 Å². The summed E-state index contributed by atoms with van der Waals surface area (Å²) in [6.45, 7) is 4.97. The van der Waals surface area contributed by atoms with Crippen LogP contribution in [0.3, 0.4) is 0 Å². The second-order valence-electron chi connectivity index (χ2n) is 7.40. The van der Waals surface area contributed by atoms with E-state index in [-0.39, 0.29) is 17.9 Å². The van der Waals surface area contributed by atoms with Crippen LogP contribution < -0.4 is 10.1 Å². The van der Waals surface area contributed by atoms with Gasteiger partial charge in [-0.25, -0.2) is 4.68 Å². The van der Waals surface area contributed by atoms with E-state index in [1.54, 1.807) is 11.8 Å². The first-order valence-electron chi connectivity index (χ1n) is 8.93. The van der Waals surface area contributed by atoms with Crippen molar-refractivity contribution >= 4 is 5.91 Å². The van der Waals surface area contributed by atoms with Gasteiger partial charge in [-0.1, -0.05) is 0 Å². The van der Waals surface area contributed by atoms with E-state index in [1.807, 2.05) is 20.9 Å². The van der Waals surface area contributed by atoms with Gasteiger partial charge in [0.2, 0.25) is 11.8 Å². The van der Waals surface area contributed by atoms with Crippen LogP contribution in [-0.2, 0) is 11.8 Å². The predicted molar refractivity (Wildman–Crippen MR) is 92.9 cm³/mol. The first-order valence-corrected chi connectivity index (χ1v) is 8.93. The molecular weight excluding hydrogens is 318 g/mol. The highest BCUT2D eigenvalue weighted by molar-refractivity contribution is 5.79. The lowest BCUT2D eigenvalue weighted by molar-refractivity contribution is -0.123. The van der Waals surface area contributed by atoms with Crippen molar-refractivity contribution in [3.63, 3.8) is 0 Å². The molecule has 1 aromatic rings. The van der Waals surface area contributed by atoms with Gasteiger partial charge in [0.25, 0.3) is 0 Å². The Kier molecular flexibility index (Phi) is 4.74. The molecule has 0 unspecified atom stereocenters.